The van der Waals surface area contributed by atoms with Crippen molar-refractivity contribution in [2.75, 3.05) is 6.61 Å². The Kier molecular flexibility index (Phi) is 10.5. The summed E-state index contributed by atoms with van der Waals surface area (Å²) >= 11 is 11.7. The molecule has 0 atom stereocenters. The van der Waals surface area contributed by atoms with Gasteiger partial charge in [-0.25, -0.2) is 0 Å². The van der Waals surface area contributed by atoms with Gasteiger partial charge < -0.3 is 9.47 Å². The minimum Gasteiger partial charge on any atom is -0.466 e. The molecule has 1 aromatic carbocycles. The van der Waals surface area contributed by atoms with Crippen LogP contribution in [0.2, 0.25) is 10.0 Å². The molecule has 134 valence electrons. The highest BCUT2D eigenvalue weighted by Gasteiger charge is 2.07. The summed E-state index contributed by atoms with van der Waals surface area (Å²) in [4.78, 5) is 22.9. The first kappa shape index (κ1) is 20.8. The number of unbranched alkanes of at least 4 members (excludes halogenated alkanes) is 5. The van der Waals surface area contributed by atoms with Gasteiger partial charge in [0, 0.05) is 22.9 Å². The fourth-order valence-electron chi connectivity index (χ4n) is 2.25. The van der Waals surface area contributed by atoms with E-state index in [1.54, 1.807) is 18.2 Å². The van der Waals surface area contributed by atoms with Gasteiger partial charge in [-0.1, -0.05) is 48.9 Å². The lowest BCUT2D eigenvalue weighted by molar-refractivity contribution is -0.143. The molecule has 0 saturated carbocycles. The maximum atomic E-state index is 11.7. The number of esters is 2. The summed E-state index contributed by atoms with van der Waals surface area (Å²) in [6.07, 6.45) is 6.56. The van der Waals surface area contributed by atoms with E-state index >= 15 is 0 Å². The minimum atomic E-state index is -0.282. The van der Waals surface area contributed by atoms with Gasteiger partial charge in [0.1, 0.15) is 5.75 Å². The molecule has 0 saturated heterocycles. The number of halogens is 2. The van der Waals surface area contributed by atoms with E-state index in [1.165, 1.54) is 0 Å². The van der Waals surface area contributed by atoms with Crippen LogP contribution in [0.5, 0.6) is 5.75 Å². The molecular weight excluding hydrogens is 351 g/mol. The van der Waals surface area contributed by atoms with Crippen LogP contribution in [-0.4, -0.2) is 18.5 Å². The second kappa shape index (κ2) is 12.2. The lowest BCUT2D eigenvalue weighted by Gasteiger charge is -2.05. The first-order chi connectivity index (χ1) is 11.5. The number of rotatable bonds is 11. The standard InChI is InChI=1S/C18H24Cl2O4/c1-2-23-17(21)9-7-5-3-4-6-8-10-18(22)24-16-12-14(19)11-15(20)13-16/h11-13H,2-10H2,1H3. The van der Waals surface area contributed by atoms with Crippen molar-refractivity contribution in [2.24, 2.45) is 0 Å². The van der Waals surface area contributed by atoms with E-state index in [4.69, 9.17) is 32.7 Å². The molecule has 0 aliphatic rings. The van der Waals surface area contributed by atoms with E-state index in [1.807, 2.05) is 6.92 Å². The molecule has 0 aliphatic carbocycles. The third-order valence-corrected chi connectivity index (χ3v) is 3.82. The van der Waals surface area contributed by atoms with Crippen LogP contribution in [0.1, 0.15) is 58.3 Å². The van der Waals surface area contributed by atoms with Crippen LogP contribution in [0, 0.1) is 0 Å². The van der Waals surface area contributed by atoms with Crippen molar-refractivity contribution in [3.05, 3.63) is 28.2 Å². The Morgan fingerprint density at radius 3 is 1.88 bits per heavy atom. The Morgan fingerprint density at radius 1 is 0.833 bits per heavy atom. The van der Waals surface area contributed by atoms with Crippen molar-refractivity contribution in [3.8, 4) is 5.75 Å². The zero-order valence-electron chi connectivity index (χ0n) is 14.0. The van der Waals surface area contributed by atoms with Crippen molar-refractivity contribution in [1.82, 2.24) is 0 Å². The lowest BCUT2D eigenvalue weighted by atomic mass is 10.1. The molecule has 0 bridgehead atoms. The van der Waals surface area contributed by atoms with Gasteiger partial charge in [0.2, 0.25) is 0 Å². The molecule has 0 aromatic heterocycles. The van der Waals surface area contributed by atoms with Crippen LogP contribution in [0.15, 0.2) is 18.2 Å². The van der Waals surface area contributed by atoms with Gasteiger partial charge in [0.05, 0.1) is 6.61 Å². The number of carbonyl (C=O) groups excluding carboxylic acids is 2. The van der Waals surface area contributed by atoms with Crippen LogP contribution in [0.3, 0.4) is 0 Å². The van der Waals surface area contributed by atoms with Crippen LogP contribution in [-0.2, 0) is 14.3 Å². The number of carbonyl (C=O) groups is 2. The average molecular weight is 375 g/mol. The van der Waals surface area contributed by atoms with Gasteiger partial charge in [-0.05, 0) is 38.0 Å². The van der Waals surface area contributed by atoms with Crippen LogP contribution < -0.4 is 4.74 Å². The fraction of sp³-hybridized carbons (Fsp3) is 0.556. The van der Waals surface area contributed by atoms with Gasteiger partial charge in [0.25, 0.3) is 0 Å². The molecule has 0 aliphatic heterocycles. The highest BCUT2D eigenvalue weighted by Crippen LogP contribution is 2.24. The highest BCUT2D eigenvalue weighted by molar-refractivity contribution is 6.34. The van der Waals surface area contributed by atoms with Crippen LogP contribution >= 0.6 is 23.2 Å². The number of benzene rings is 1. The van der Waals surface area contributed by atoms with Gasteiger partial charge in [0.15, 0.2) is 0 Å². The first-order valence-electron chi connectivity index (χ1n) is 8.33. The largest absolute Gasteiger partial charge is 0.466 e. The minimum absolute atomic E-state index is 0.124. The molecule has 0 heterocycles. The SMILES string of the molecule is CCOC(=O)CCCCCCCCC(=O)Oc1cc(Cl)cc(Cl)c1. The molecule has 1 rings (SSSR count). The van der Waals surface area contributed by atoms with Gasteiger partial charge in [-0.3, -0.25) is 9.59 Å². The predicted molar refractivity (Wildman–Crippen MR) is 95.7 cm³/mol. The number of ether oxygens (including phenoxy) is 2. The summed E-state index contributed by atoms with van der Waals surface area (Å²) < 4.78 is 10.1. The third kappa shape index (κ3) is 9.78. The maximum absolute atomic E-state index is 11.7. The van der Waals surface area contributed by atoms with E-state index in [-0.39, 0.29) is 11.9 Å². The van der Waals surface area contributed by atoms with Crippen molar-refractivity contribution in [3.63, 3.8) is 0 Å². The molecular formula is C18H24Cl2O4. The topological polar surface area (TPSA) is 52.6 Å². The van der Waals surface area contributed by atoms with E-state index in [9.17, 15) is 9.59 Å². The average Bonchev–Trinajstić information content (AvgIpc) is 2.49. The van der Waals surface area contributed by atoms with Crippen molar-refractivity contribution < 1.29 is 19.1 Å². The molecule has 1 aromatic rings. The normalized spacial score (nSPS) is 10.5. The van der Waals surface area contributed by atoms with Crippen molar-refractivity contribution in [2.45, 2.75) is 58.3 Å². The summed E-state index contributed by atoms with van der Waals surface area (Å²) in [7, 11) is 0. The van der Waals surface area contributed by atoms with Crippen molar-refractivity contribution in [1.29, 1.82) is 0 Å². The second-order valence-corrected chi connectivity index (χ2v) is 6.38. The van der Waals surface area contributed by atoms with Crippen LogP contribution in [0.25, 0.3) is 0 Å². The zero-order valence-corrected chi connectivity index (χ0v) is 15.5. The summed E-state index contributed by atoms with van der Waals surface area (Å²) in [6.45, 7) is 2.25. The summed E-state index contributed by atoms with van der Waals surface area (Å²) in [5.41, 5.74) is 0. The summed E-state index contributed by atoms with van der Waals surface area (Å²) in [5, 5.41) is 0.876. The summed E-state index contributed by atoms with van der Waals surface area (Å²) in [5.74, 6) is -0.0338. The number of hydrogen-bond donors (Lipinski definition) is 0. The Labute approximate surface area is 153 Å². The van der Waals surface area contributed by atoms with Gasteiger partial charge in [-0.2, -0.15) is 0 Å². The molecule has 0 amide bonds. The van der Waals surface area contributed by atoms with E-state index < -0.39 is 0 Å². The second-order valence-electron chi connectivity index (χ2n) is 5.51. The van der Waals surface area contributed by atoms with E-state index in [0.29, 0.717) is 35.2 Å². The van der Waals surface area contributed by atoms with E-state index in [0.717, 1.165) is 38.5 Å². The Bertz CT molecular complexity index is 512. The third-order valence-electron chi connectivity index (χ3n) is 3.38. The van der Waals surface area contributed by atoms with E-state index in [2.05, 4.69) is 0 Å². The molecule has 0 radical (unpaired) electrons. The first-order valence-corrected chi connectivity index (χ1v) is 9.09. The molecule has 4 nitrogen and oxygen atoms in total. The Balaban J connectivity index is 2.04. The zero-order chi connectivity index (χ0) is 17.8. The quantitative estimate of drug-likeness (QED) is 0.288. The molecule has 0 N–H and O–H groups in total. The predicted octanol–water partition coefficient (Wildman–Crippen LogP) is 5.58. The van der Waals surface area contributed by atoms with Gasteiger partial charge in [-0.15, -0.1) is 0 Å². The molecule has 24 heavy (non-hydrogen) atoms. The smallest absolute Gasteiger partial charge is 0.311 e. The maximum Gasteiger partial charge on any atom is 0.311 e. The molecule has 0 fully saturated rings. The number of hydrogen-bond acceptors (Lipinski definition) is 4. The highest BCUT2D eigenvalue weighted by atomic mass is 35.5. The molecule has 0 unspecified atom stereocenters. The lowest BCUT2D eigenvalue weighted by Crippen LogP contribution is -2.07. The fourth-order valence-corrected chi connectivity index (χ4v) is 2.75. The summed E-state index contributed by atoms with van der Waals surface area (Å²) in [6, 6.07) is 4.71. The molecule has 6 heteroatoms. The van der Waals surface area contributed by atoms with Crippen molar-refractivity contribution >= 4 is 35.1 Å². The monoisotopic (exact) mass is 374 g/mol. The molecule has 0 spiro atoms. The van der Waals surface area contributed by atoms with Crippen LogP contribution in [0.4, 0.5) is 0 Å². The Morgan fingerprint density at radius 2 is 1.33 bits per heavy atom. The van der Waals surface area contributed by atoms with Gasteiger partial charge >= 0.3 is 11.9 Å². The Hall–Kier alpha value is -1.26.